The maximum Gasteiger partial charge on any atom is 0.407 e. The maximum atomic E-state index is 12.0. The van der Waals surface area contributed by atoms with E-state index in [1.165, 1.54) is 19.3 Å². The third-order valence-corrected chi connectivity index (χ3v) is 5.74. The van der Waals surface area contributed by atoms with Gasteiger partial charge in [-0.1, -0.05) is 37.8 Å². The number of alkyl carbamates (subject to hydrolysis) is 1. The first-order valence-corrected chi connectivity index (χ1v) is 11.6. The zero-order valence-electron chi connectivity index (χ0n) is 19.0. The fourth-order valence-corrected chi connectivity index (χ4v) is 3.87. The molecule has 0 saturated heterocycles. The van der Waals surface area contributed by atoms with Gasteiger partial charge in [-0.05, 0) is 58.1 Å². The van der Waals surface area contributed by atoms with Crippen LogP contribution in [0.2, 0.25) is 0 Å². The van der Waals surface area contributed by atoms with Crippen LogP contribution in [0.25, 0.3) is 11.5 Å². The number of pyridine rings is 1. The van der Waals surface area contributed by atoms with Crippen molar-refractivity contribution in [3.05, 3.63) is 29.1 Å². The molecule has 0 atom stereocenters. The summed E-state index contributed by atoms with van der Waals surface area (Å²) in [5.74, 6) is 1.38. The number of nitrogens with zero attached hydrogens (tertiary/aromatic N) is 2. The fourth-order valence-electron chi connectivity index (χ4n) is 3.87. The Morgan fingerprint density at radius 1 is 1.13 bits per heavy atom. The minimum Gasteiger partial charge on any atom is -0.489 e. The molecule has 0 bridgehead atoms. The van der Waals surface area contributed by atoms with Crippen molar-refractivity contribution in [1.29, 1.82) is 0 Å². The number of unbranched alkanes of at least 4 members (excludes halogenated alkanes) is 3. The SMILES string of the molecule is CCCCCCOC(=O)NCc1c(C)noc1-c1ccc(OC2CCCCC2)c(C)n1. The zero-order chi connectivity index (χ0) is 22.1. The molecule has 0 radical (unpaired) electrons. The van der Waals surface area contributed by atoms with Crippen LogP contribution in [-0.2, 0) is 11.3 Å². The van der Waals surface area contributed by atoms with Gasteiger partial charge in [-0.3, -0.25) is 0 Å². The van der Waals surface area contributed by atoms with Gasteiger partial charge in [0.1, 0.15) is 11.4 Å². The van der Waals surface area contributed by atoms with E-state index < -0.39 is 6.09 Å². The Morgan fingerprint density at radius 3 is 2.68 bits per heavy atom. The molecule has 0 unspecified atom stereocenters. The average molecular weight is 430 g/mol. The molecule has 1 N–H and O–H groups in total. The van der Waals surface area contributed by atoms with E-state index in [0.29, 0.717) is 18.1 Å². The van der Waals surface area contributed by atoms with Crippen LogP contribution in [-0.4, -0.2) is 28.9 Å². The molecule has 2 heterocycles. The smallest absolute Gasteiger partial charge is 0.407 e. The van der Waals surface area contributed by atoms with Crippen molar-refractivity contribution < 1.29 is 18.8 Å². The Labute approximate surface area is 184 Å². The zero-order valence-corrected chi connectivity index (χ0v) is 19.0. The van der Waals surface area contributed by atoms with E-state index in [1.807, 2.05) is 26.0 Å². The highest BCUT2D eigenvalue weighted by Crippen LogP contribution is 2.29. The first-order valence-electron chi connectivity index (χ1n) is 11.6. The standard InChI is InChI=1S/C24H35N3O4/c1-4-5-6-10-15-29-24(28)25-16-20-17(2)27-31-23(20)21-13-14-22(18(3)26-21)30-19-11-8-7-9-12-19/h13-14,19H,4-12,15-16H2,1-3H3,(H,25,28). The van der Waals surface area contributed by atoms with Crippen LogP contribution < -0.4 is 10.1 Å². The highest BCUT2D eigenvalue weighted by molar-refractivity contribution is 5.68. The van der Waals surface area contributed by atoms with Crippen molar-refractivity contribution in [3.63, 3.8) is 0 Å². The van der Waals surface area contributed by atoms with Crippen molar-refractivity contribution in [2.24, 2.45) is 0 Å². The summed E-state index contributed by atoms with van der Waals surface area (Å²) < 4.78 is 17.0. The Kier molecular flexibility index (Phi) is 8.74. The second-order valence-electron chi connectivity index (χ2n) is 8.28. The summed E-state index contributed by atoms with van der Waals surface area (Å²) in [7, 11) is 0. The lowest BCUT2D eigenvalue weighted by Crippen LogP contribution is -2.24. The van der Waals surface area contributed by atoms with E-state index in [4.69, 9.17) is 14.0 Å². The first kappa shape index (κ1) is 23.1. The molecule has 31 heavy (non-hydrogen) atoms. The van der Waals surface area contributed by atoms with Gasteiger partial charge in [-0.2, -0.15) is 0 Å². The molecule has 0 aromatic carbocycles. The van der Waals surface area contributed by atoms with Gasteiger partial charge in [0.25, 0.3) is 0 Å². The molecule has 3 rings (SSSR count). The summed E-state index contributed by atoms with van der Waals surface area (Å²) in [4.78, 5) is 16.7. The molecule has 1 saturated carbocycles. The number of carbonyl (C=O) groups excluding carboxylic acids is 1. The number of hydrogen-bond donors (Lipinski definition) is 1. The minimum absolute atomic E-state index is 0.277. The lowest BCUT2D eigenvalue weighted by molar-refractivity contribution is 0.143. The lowest BCUT2D eigenvalue weighted by atomic mass is 9.98. The quantitative estimate of drug-likeness (QED) is 0.475. The molecular weight excluding hydrogens is 394 g/mol. The predicted octanol–water partition coefficient (Wildman–Crippen LogP) is 5.87. The summed E-state index contributed by atoms with van der Waals surface area (Å²) in [6.45, 7) is 6.66. The van der Waals surface area contributed by atoms with Gasteiger partial charge in [-0.25, -0.2) is 9.78 Å². The molecular formula is C24H35N3O4. The van der Waals surface area contributed by atoms with Crippen molar-refractivity contribution in [3.8, 4) is 17.2 Å². The summed E-state index contributed by atoms with van der Waals surface area (Å²) in [6, 6.07) is 3.84. The molecule has 7 heteroatoms. The summed E-state index contributed by atoms with van der Waals surface area (Å²) in [6.07, 6.45) is 10.1. The van der Waals surface area contributed by atoms with Crippen LogP contribution in [0, 0.1) is 13.8 Å². The molecule has 2 aromatic heterocycles. The molecule has 1 amide bonds. The first-order chi connectivity index (χ1) is 15.1. The van der Waals surface area contributed by atoms with Crippen LogP contribution in [0.3, 0.4) is 0 Å². The number of nitrogens with one attached hydrogen (secondary N) is 1. The van der Waals surface area contributed by atoms with Crippen LogP contribution in [0.1, 0.15) is 81.7 Å². The second-order valence-corrected chi connectivity index (χ2v) is 8.28. The van der Waals surface area contributed by atoms with Crippen molar-refractivity contribution in [2.75, 3.05) is 6.61 Å². The van der Waals surface area contributed by atoms with E-state index in [0.717, 1.165) is 61.2 Å². The second kappa shape index (κ2) is 11.7. The Bertz CT molecular complexity index is 843. The van der Waals surface area contributed by atoms with Crippen LogP contribution in [0.5, 0.6) is 5.75 Å². The predicted molar refractivity (Wildman–Crippen MR) is 119 cm³/mol. The maximum absolute atomic E-state index is 12.0. The van der Waals surface area contributed by atoms with E-state index in [-0.39, 0.29) is 12.6 Å². The van der Waals surface area contributed by atoms with Gasteiger partial charge in [0.15, 0.2) is 5.76 Å². The van der Waals surface area contributed by atoms with Crippen molar-refractivity contribution in [1.82, 2.24) is 15.5 Å². The normalized spacial score (nSPS) is 14.4. The van der Waals surface area contributed by atoms with Gasteiger partial charge >= 0.3 is 6.09 Å². The summed E-state index contributed by atoms with van der Waals surface area (Å²) in [5, 5.41) is 6.87. The largest absolute Gasteiger partial charge is 0.489 e. The molecule has 7 nitrogen and oxygen atoms in total. The van der Waals surface area contributed by atoms with Gasteiger partial charge in [0.2, 0.25) is 0 Å². The topological polar surface area (TPSA) is 86.5 Å². The van der Waals surface area contributed by atoms with Gasteiger partial charge < -0.3 is 19.3 Å². The molecule has 1 aliphatic rings. The van der Waals surface area contributed by atoms with E-state index in [1.54, 1.807) is 0 Å². The number of rotatable bonds is 10. The molecule has 0 spiro atoms. The number of aryl methyl sites for hydroxylation is 2. The number of hydrogen-bond acceptors (Lipinski definition) is 6. The van der Waals surface area contributed by atoms with Crippen LogP contribution in [0.4, 0.5) is 4.79 Å². The Morgan fingerprint density at radius 2 is 1.94 bits per heavy atom. The van der Waals surface area contributed by atoms with Crippen LogP contribution >= 0.6 is 0 Å². The van der Waals surface area contributed by atoms with E-state index in [2.05, 4.69) is 22.4 Å². The van der Waals surface area contributed by atoms with Crippen molar-refractivity contribution >= 4 is 6.09 Å². The fraction of sp³-hybridized carbons (Fsp3) is 0.625. The highest BCUT2D eigenvalue weighted by atomic mass is 16.5. The summed E-state index contributed by atoms with van der Waals surface area (Å²) in [5.41, 5.74) is 3.03. The molecule has 2 aromatic rings. The van der Waals surface area contributed by atoms with Crippen LogP contribution in [0.15, 0.2) is 16.7 Å². The summed E-state index contributed by atoms with van der Waals surface area (Å²) >= 11 is 0. The van der Waals surface area contributed by atoms with Gasteiger partial charge in [0.05, 0.1) is 30.6 Å². The van der Waals surface area contributed by atoms with E-state index >= 15 is 0 Å². The molecule has 1 aliphatic carbocycles. The monoisotopic (exact) mass is 429 g/mol. The van der Waals surface area contributed by atoms with Gasteiger partial charge in [0, 0.05) is 5.56 Å². The number of aromatic nitrogens is 2. The minimum atomic E-state index is -0.427. The molecule has 0 aliphatic heterocycles. The average Bonchev–Trinajstić information content (AvgIpc) is 3.14. The Balaban J connectivity index is 1.59. The molecule has 170 valence electrons. The molecule has 1 fully saturated rings. The third-order valence-electron chi connectivity index (χ3n) is 5.74. The number of amides is 1. The van der Waals surface area contributed by atoms with Crippen molar-refractivity contribution in [2.45, 2.75) is 91.2 Å². The highest BCUT2D eigenvalue weighted by Gasteiger charge is 2.20. The Hall–Kier alpha value is -2.57. The van der Waals surface area contributed by atoms with Gasteiger partial charge in [-0.15, -0.1) is 0 Å². The lowest BCUT2D eigenvalue weighted by Gasteiger charge is -2.23. The van der Waals surface area contributed by atoms with E-state index in [9.17, 15) is 4.79 Å². The third kappa shape index (κ3) is 6.71. The number of ether oxygens (including phenoxy) is 2. The number of carbonyl (C=O) groups is 1.